The van der Waals surface area contributed by atoms with Gasteiger partial charge in [-0.1, -0.05) is 6.92 Å². The van der Waals surface area contributed by atoms with Gasteiger partial charge in [0.25, 0.3) is 22.2 Å². The Bertz CT molecular complexity index is 1180. The molecule has 0 unspecified atom stereocenters. The maximum absolute atomic E-state index is 12.8. The number of rotatable bonds is 3. The molecule has 0 aromatic carbocycles. The molecule has 4 aliphatic rings. The van der Waals surface area contributed by atoms with Crippen LogP contribution in [0.2, 0.25) is 0 Å². The highest BCUT2D eigenvalue weighted by Gasteiger charge is 2.27. The van der Waals surface area contributed by atoms with Gasteiger partial charge in [-0.25, -0.2) is 0 Å². The molecule has 0 aromatic rings. The van der Waals surface area contributed by atoms with Crippen LogP contribution in [0, 0.1) is 16.4 Å². The molecule has 0 amide bonds. The van der Waals surface area contributed by atoms with Gasteiger partial charge in [-0.3, -0.25) is 28.3 Å². The summed E-state index contributed by atoms with van der Waals surface area (Å²) in [6.07, 6.45) is 8.20. The number of aromatic nitrogens is 2. The predicted molar refractivity (Wildman–Crippen MR) is 118 cm³/mol. The Labute approximate surface area is 180 Å². The monoisotopic (exact) mass is 426 g/mol. The van der Waals surface area contributed by atoms with Crippen LogP contribution in [0.1, 0.15) is 64.3 Å². The van der Waals surface area contributed by atoms with Crippen LogP contribution in [0.3, 0.4) is 0 Å². The van der Waals surface area contributed by atoms with Crippen LogP contribution in [0.4, 0.5) is 0 Å². The molecule has 7 heteroatoms. The Balaban J connectivity index is 1.57. The quantitative estimate of drug-likeness (QED) is 0.750. The second-order valence-corrected chi connectivity index (χ2v) is 9.16. The van der Waals surface area contributed by atoms with Gasteiger partial charge >= 0.3 is 0 Å². The van der Waals surface area contributed by atoms with E-state index in [9.17, 15) is 19.2 Å². The molecule has 2 aliphatic heterocycles. The fourth-order valence-corrected chi connectivity index (χ4v) is 5.02. The predicted octanol–water partition coefficient (Wildman–Crippen LogP) is 2.07. The Kier molecular flexibility index (Phi) is 6.23. The lowest BCUT2D eigenvalue weighted by Crippen LogP contribution is -2.37. The van der Waals surface area contributed by atoms with Gasteiger partial charge in [-0.15, -0.1) is 0 Å². The molecule has 2 aliphatic carbocycles. The average Bonchev–Trinajstić information content (AvgIpc) is 2.99. The first-order valence-corrected chi connectivity index (χ1v) is 11.3. The van der Waals surface area contributed by atoms with E-state index in [0.29, 0.717) is 18.9 Å². The van der Waals surface area contributed by atoms with Crippen LogP contribution in [0.15, 0.2) is 43.4 Å². The lowest BCUT2D eigenvalue weighted by molar-refractivity contribution is -0.0548. The van der Waals surface area contributed by atoms with Gasteiger partial charge in [-0.2, -0.15) is 0 Å². The summed E-state index contributed by atoms with van der Waals surface area (Å²) in [5.41, 5.74) is -1.85. The summed E-state index contributed by atoms with van der Waals surface area (Å²) in [6.45, 7) is 2.29. The molecule has 2 fully saturated rings. The Morgan fingerprint density at radius 3 is 1.65 bits per heavy atom. The Morgan fingerprint density at radius 2 is 1.16 bits per heavy atom. The van der Waals surface area contributed by atoms with E-state index in [4.69, 9.17) is 4.74 Å². The van der Waals surface area contributed by atoms with Crippen molar-refractivity contribution in [1.29, 1.82) is 0 Å². The molecule has 0 radical (unpaired) electrons. The molecule has 31 heavy (non-hydrogen) atoms. The van der Waals surface area contributed by atoms with Gasteiger partial charge in [0.2, 0.25) is 0 Å². The first-order valence-electron chi connectivity index (χ1n) is 11.3. The number of hydrogen-bond acceptors (Lipinski definition) is 5. The van der Waals surface area contributed by atoms with E-state index in [1.54, 1.807) is 0 Å². The van der Waals surface area contributed by atoms with Crippen LogP contribution in [-0.2, 0) is 11.8 Å². The van der Waals surface area contributed by atoms with Gasteiger partial charge in [0.05, 0.1) is 22.6 Å². The largest absolute Gasteiger partial charge is 0.375 e. The van der Waals surface area contributed by atoms with E-state index in [2.05, 4.69) is 6.92 Å². The third-order valence-corrected chi connectivity index (χ3v) is 6.98. The highest BCUT2D eigenvalue weighted by molar-refractivity contribution is 5.11. The Morgan fingerprint density at radius 1 is 0.710 bits per heavy atom. The lowest BCUT2D eigenvalue weighted by atomic mass is 9.88. The SMILES string of the molecule is CC1CCC(OC2CCC(n3c(=O)ccc4c(=O)n(C)c(=O)c=4ccc3=O)CC2)CC1. The van der Waals surface area contributed by atoms with Gasteiger partial charge in [-0.05, 0) is 69.4 Å². The van der Waals surface area contributed by atoms with Crippen molar-refractivity contribution < 1.29 is 4.74 Å². The van der Waals surface area contributed by atoms with Crippen molar-refractivity contribution in [1.82, 2.24) is 9.13 Å². The molecule has 0 bridgehead atoms. The third-order valence-electron chi connectivity index (χ3n) is 6.98. The van der Waals surface area contributed by atoms with Gasteiger partial charge in [0, 0.05) is 25.2 Å². The second kappa shape index (κ2) is 8.91. The third kappa shape index (κ3) is 4.42. The van der Waals surface area contributed by atoms with Gasteiger partial charge < -0.3 is 4.74 Å². The van der Waals surface area contributed by atoms with Crippen LogP contribution in [0.25, 0.3) is 0 Å². The molecule has 0 atom stereocenters. The number of ether oxygens (including phenoxy) is 1. The molecule has 2 saturated carbocycles. The summed E-state index contributed by atoms with van der Waals surface area (Å²) in [7, 11) is 1.38. The van der Waals surface area contributed by atoms with Gasteiger partial charge in [0.1, 0.15) is 0 Å². The molecule has 0 saturated heterocycles. The molecule has 7 nitrogen and oxygen atoms in total. The molecular formula is C24H30N2O5. The molecular weight excluding hydrogens is 396 g/mol. The maximum atomic E-state index is 12.8. The summed E-state index contributed by atoms with van der Waals surface area (Å²) in [5, 5.41) is 0.288. The van der Waals surface area contributed by atoms with Crippen molar-refractivity contribution in [3.63, 3.8) is 0 Å². The lowest BCUT2D eigenvalue weighted by Gasteiger charge is -2.34. The highest BCUT2D eigenvalue weighted by Crippen LogP contribution is 2.32. The fraction of sp³-hybridized carbons (Fsp3) is 0.583. The molecule has 2 heterocycles. The minimum absolute atomic E-state index is 0.144. The Hall–Kier alpha value is -2.54. The summed E-state index contributed by atoms with van der Waals surface area (Å²) in [4.78, 5) is 50.2. The number of hydrogen-bond donors (Lipinski definition) is 0. The highest BCUT2D eigenvalue weighted by atomic mass is 16.5. The second-order valence-electron chi connectivity index (χ2n) is 9.16. The molecule has 4 rings (SSSR count). The summed E-state index contributed by atoms with van der Waals surface area (Å²) in [6, 6.07) is 4.97. The van der Waals surface area contributed by atoms with Crippen LogP contribution >= 0.6 is 0 Å². The first kappa shape index (κ1) is 21.7. The van der Waals surface area contributed by atoms with Gasteiger partial charge in [0.15, 0.2) is 0 Å². The van der Waals surface area contributed by atoms with Crippen molar-refractivity contribution in [3.8, 4) is 0 Å². The van der Waals surface area contributed by atoms with Crippen molar-refractivity contribution in [3.05, 3.63) is 76.1 Å². The molecule has 0 aromatic heterocycles. The zero-order valence-corrected chi connectivity index (χ0v) is 18.2. The molecule has 166 valence electrons. The van der Waals surface area contributed by atoms with E-state index in [1.807, 2.05) is 0 Å². The fourth-order valence-electron chi connectivity index (χ4n) is 5.02. The van der Waals surface area contributed by atoms with E-state index >= 15 is 0 Å². The van der Waals surface area contributed by atoms with E-state index < -0.39 is 22.2 Å². The average molecular weight is 427 g/mol. The van der Waals surface area contributed by atoms with Crippen molar-refractivity contribution >= 4 is 0 Å². The van der Waals surface area contributed by atoms with Crippen molar-refractivity contribution in [2.45, 2.75) is 76.5 Å². The summed E-state index contributed by atoms with van der Waals surface area (Å²) < 4.78 is 8.57. The van der Waals surface area contributed by atoms with E-state index in [-0.39, 0.29) is 22.6 Å². The van der Waals surface area contributed by atoms with Crippen LogP contribution in [-0.4, -0.2) is 21.3 Å². The molecule has 0 N–H and O–H groups in total. The molecule has 0 spiro atoms. The van der Waals surface area contributed by atoms with E-state index in [0.717, 1.165) is 36.2 Å². The van der Waals surface area contributed by atoms with Crippen LogP contribution in [0.5, 0.6) is 0 Å². The van der Waals surface area contributed by atoms with Crippen LogP contribution < -0.4 is 22.2 Å². The summed E-state index contributed by atoms with van der Waals surface area (Å²) >= 11 is 0. The van der Waals surface area contributed by atoms with Crippen molar-refractivity contribution in [2.24, 2.45) is 13.0 Å². The zero-order valence-electron chi connectivity index (χ0n) is 18.2. The standard InChI is InChI=1S/C24H30N2O5/c1-15-3-7-17(8-4-15)31-18-9-5-16(6-10-18)26-21(27)13-11-19-20(12-14-22(26)28)24(30)25(2)23(19)29/h11-18H,3-10H2,1-2H3. The maximum Gasteiger partial charge on any atom is 0.261 e. The van der Waals surface area contributed by atoms with E-state index in [1.165, 1.54) is 48.7 Å². The minimum atomic E-state index is -0.468. The van der Waals surface area contributed by atoms with Crippen molar-refractivity contribution in [2.75, 3.05) is 0 Å². The summed E-state index contributed by atoms with van der Waals surface area (Å²) in [5.74, 6) is 0.784. The number of nitrogens with zero attached hydrogens (tertiary/aromatic N) is 2. The first-order chi connectivity index (χ1) is 14.8. The minimum Gasteiger partial charge on any atom is -0.375 e. The normalized spacial score (nSPS) is 26.6. The smallest absolute Gasteiger partial charge is 0.261 e. The topological polar surface area (TPSA) is 87.4 Å². The zero-order chi connectivity index (χ0) is 22.1.